The quantitative estimate of drug-likeness (QED) is 0.0914. The molecule has 6 aromatic rings. The first kappa shape index (κ1) is 37.3. The van der Waals surface area contributed by atoms with Gasteiger partial charge < -0.3 is 9.80 Å². The number of imidazole rings is 2. The third-order valence-corrected chi connectivity index (χ3v) is 10.4. The summed E-state index contributed by atoms with van der Waals surface area (Å²) < 4.78 is 43.4. The molecular weight excluding hydrogens is 693 g/mol. The molecule has 0 radical (unpaired) electrons. The van der Waals surface area contributed by atoms with Gasteiger partial charge >= 0.3 is 22.3 Å². The molecule has 0 spiro atoms. The number of hydrogen-bond donors (Lipinski definition) is 0. The molecule has 0 aliphatic heterocycles. The average Bonchev–Trinajstić information content (AvgIpc) is 3.53. The normalized spacial score (nSPS) is 12.2. The van der Waals surface area contributed by atoms with E-state index in [-0.39, 0.29) is 13.2 Å². The lowest BCUT2D eigenvalue weighted by atomic mass is 10.1. The van der Waals surface area contributed by atoms with Gasteiger partial charge in [-0.2, -0.15) is 8.42 Å². The molecule has 0 saturated carbocycles. The Morgan fingerprint density at radius 1 is 0.623 bits per heavy atom. The van der Waals surface area contributed by atoms with Crippen LogP contribution in [0.3, 0.4) is 0 Å². The van der Waals surface area contributed by atoms with Crippen molar-refractivity contribution in [2.45, 2.75) is 13.8 Å². The monoisotopic (exact) mass is 738 g/mol. The van der Waals surface area contributed by atoms with Crippen LogP contribution in [0.15, 0.2) is 105 Å². The molecular formula is C38H46N10O4S+2. The van der Waals surface area contributed by atoms with Crippen LogP contribution in [-0.2, 0) is 47.0 Å². The van der Waals surface area contributed by atoms with Crippen molar-refractivity contribution in [3.8, 4) is 0 Å². The summed E-state index contributed by atoms with van der Waals surface area (Å²) in [5.74, 6) is 1.46. The number of aromatic nitrogens is 4. The first-order valence-corrected chi connectivity index (χ1v) is 18.6. The molecule has 0 fully saturated rings. The minimum Gasteiger partial charge on any atom is -0.372 e. The minimum atomic E-state index is -4.18. The van der Waals surface area contributed by atoms with Crippen LogP contribution in [0.5, 0.6) is 0 Å². The standard InChI is InChI=1S/C38H46N10O4S/c1-27-25-29(17-19-31(27)39-41-37-45(5)33-13-9-10-14-34(33)46(37)6)43(3)21-23-51-53(49,50)52-24-22-44(4)30-18-20-32(28(2)26-30)40-42-38-47(7)35-15-11-12-16-36(35)48(38)8/h9-20,25-26H,21-24H2,1-8H3/q+2. The third kappa shape index (κ3) is 8.11. The maximum atomic E-state index is 12.5. The molecule has 53 heavy (non-hydrogen) atoms. The van der Waals surface area contributed by atoms with E-state index in [0.29, 0.717) is 13.1 Å². The van der Waals surface area contributed by atoms with Gasteiger partial charge in [0, 0.05) is 48.8 Å². The number of para-hydroxylation sites is 4. The van der Waals surface area contributed by atoms with Gasteiger partial charge in [0.25, 0.3) is 0 Å². The van der Waals surface area contributed by atoms with Gasteiger partial charge in [-0.25, -0.2) is 26.6 Å². The number of nitrogens with zero attached hydrogens (tertiary/aromatic N) is 10. The summed E-state index contributed by atoms with van der Waals surface area (Å²) in [5, 5.41) is 18.1. The van der Waals surface area contributed by atoms with Crippen LogP contribution in [0.25, 0.3) is 22.1 Å². The number of benzene rings is 4. The summed E-state index contributed by atoms with van der Waals surface area (Å²) >= 11 is 0. The predicted molar refractivity (Wildman–Crippen MR) is 206 cm³/mol. The molecule has 4 aromatic carbocycles. The van der Waals surface area contributed by atoms with Gasteiger partial charge in [0.2, 0.25) is 0 Å². The van der Waals surface area contributed by atoms with E-state index < -0.39 is 10.4 Å². The van der Waals surface area contributed by atoms with Crippen LogP contribution in [0.4, 0.5) is 34.6 Å². The number of rotatable bonds is 14. The highest BCUT2D eigenvalue weighted by atomic mass is 32.3. The summed E-state index contributed by atoms with van der Waals surface area (Å²) in [6.07, 6.45) is 0. The van der Waals surface area contributed by atoms with E-state index in [1.807, 2.05) is 145 Å². The van der Waals surface area contributed by atoms with E-state index in [0.717, 1.165) is 67.8 Å². The Morgan fingerprint density at radius 3 is 1.40 bits per heavy atom. The molecule has 14 nitrogen and oxygen atoms in total. The van der Waals surface area contributed by atoms with Crippen molar-refractivity contribution in [1.29, 1.82) is 0 Å². The van der Waals surface area contributed by atoms with E-state index in [1.54, 1.807) is 0 Å². The first-order valence-electron chi connectivity index (χ1n) is 17.2. The Hall–Kier alpha value is -5.51. The lowest BCUT2D eigenvalue weighted by Crippen LogP contribution is -2.27. The van der Waals surface area contributed by atoms with Crippen molar-refractivity contribution in [3.05, 3.63) is 96.1 Å². The number of likely N-dealkylation sites (N-methyl/N-ethyl adjacent to an activating group) is 2. The van der Waals surface area contributed by atoms with Crippen LogP contribution >= 0.6 is 0 Å². The van der Waals surface area contributed by atoms with Gasteiger partial charge in [-0.1, -0.05) is 34.5 Å². The van der Waals surface area contributed by atoms with E-state index in [1.165, 1.54) is 0 Å². The molecule has 0 bridgehead atoms. The molecule has 0 N–H and O–H groups in total. The lowest BCUT2D eigenvalue weighted by Gasteiger charge is -2.21. The van der Waals surface area contributed by atoms with Gasteiger partial charge in [-0.15, -0.1) is 0 Å². The highest BCUT2D eigenvalue weighted by Gasteiger charge is 2.21. The summed E-state index contributed by atoms with van der Waals surface area (Å²) in [6, 6.07) is 27.8. The van der Waals surface area contributed by atoms with Crippen LogP contribution < -0.4 is 18.9 Å². The third-order valence-electron chi connectivity index (χ3n) is 9.45. The minimum absolute atomic E-state index is 0.0707. The van der Waals surface area contributed by atoms with E-state index in [2.05, 4.69) is 44.7 Å². The molecule has 0 amide bonds. The van der Waals surface area contributed by atoms with Gasteiger partial charge in [0.15, 0.2) is 0 Å². The number of anilines is 2. The molecule has 0 saturated heterocycles. The molecule has 0 aliphatic carbocycles. The SMILES string of the molecule is Cc1cc(N(C)CCOS(=O)(=O)OCCN(C)c2ccc(/N=N/c3n(C)c4ccccc4[n+]3C)c(C)c2)ccc1/N=N/c1n(C)c2ccccc2[n+]1C. The van der Waals surface area contributed by atoms with Gasteiger partial charge in [0.05, 0.1) is 41.4 Å². The molecule has 276 valence electrons. The molecule has 15 heteroatoms. The van der Waals surface area contributed by atoms with Crippen molar-refractivity contribution in [2.75, 3.05) is 50.2 Å². The fourth-order valence-corrected chi connectivity index (χ4v) is 6.86. The van der Waals surface area contributed by atoms with Gasteiger partial charge in [-0.05, 0) is 85.6 Å². The molecule has 0 atom stereocenters. The fourth-order valence-electron chi connectivity index (χ4n) is 6.23. The number of aryl methyl sites for hydroxylation is 6. The Morgan fingerprint density at radius 2 is 1.02 bits per heavy atom. The second kappa shape index (κ2) is 15.6. The van der Waals surface area contributed by atoms with Crippen molar-refractivity contribution in [3.63, 3.8) is 0 Å². The van der Waals surface area contributed by atoms with Gasteiger partial charge in [0.1, 0.15) is 33.4 Å². The highest BCUT2D eigenvalue weighted by Crippen LogP contribution is 2.28. The average molecular weight is 739 g/mol. The molecule has 6 rings (SSSR count). The zero-order chi connectivity index (χ0) is 37.9. The molecule has 2 aromatic heterocycles. The van der Waals surface area contributed by atoms with Crippen molar-refractivity contribution in [2.24, 2.45) is 48.6 Å². The molecule has 0 unspecified atom stereocenters. The summed E-state index contributed by atoms with van der Waals surface area (Å²) in [7, 11) is 7.43. The van der Waals surface area contributed by atoms with Crippen molar-refractivity contribution in [1.82, 2.24) is 9.13 Å². The highest BCUT2D eigenvalue weighted by molar-refractivity contribution is 7.81. The second-order valence-corrected chi connectivity index (χ2v) is 14.3. The van der Waals surface area contributed by atoms with Crippen LogP contribution in [0.1, 0.15) is 11.1 Å². The summed E-state index contributed by atoms with van der Waals surface area (Å²) in [4.78, 5) is 3.82. The fraction of sp³-hybridized carbons (Fsp3) is 0.316. The number of fused-ring (bicyclic) bond motifs is 2. The van der Waals surface area contributed by atoms with Crippen molar-refractivity contribution < 1.29 is 25.9 Å². The number of azo groups is 2. The summed E-state index contributed by atoms with van der Waals surface area (Å²) in [6.45, 7) is 4.45. The lowest BCUT2D eigenvalue weighted by molar-refractivity contribution is -0.632. The Kier molecular flexibility index (Phi) is 11.0. The smallest absolute Gasteiger partial charge is 0.372 e. The van der Waals surface area contributed by atoms with E-state index in [9.17, 15) is 8.42 Å². The zero-order valence-corrected chi connectivity index (χ0v) is 32.2. The Balaban J connectivity index is 0.968. The van der Waals surface area contributed by atoms with Crippen LogP contribution in [-0.4, -0.2) is 58.0 Å². The molecule has 2 heterocycles. The maximum absolute atomic E-state index is 12.5. The van der Waals surface area contributed by atoms with Gasteiger partial charge in [-0.3, -0.25) is 0 Å². The topological polar surface area (TPSA) is 126 Å². The molecule has 0 aliphatic rings. The Bertz CT molecular complexity index is 2210. The van der Waals surface area contributed by atoms with Crippen LogP contribution in [0, 0.1) is 13.8 Å². The maximum Gasteiger partial charge on any atom is 0.422 e. The predicted octanol–water partition coefficient (Wildman–Crippen LogP) is 6.62. The first-order chi connectivity index (χ1) is 25.3. The number of hydrogen-bond acceptors (Lipinski definition) is 10. The Labute approximate surface area is 310 Å². The summed E-state index contributed by atoms with van der Waals surface area (Å²) in [5.41, 5.74) is 9.43. The van der Waals surface area contributed by atoms with E-state index in [4.69, 9.17) is 8.37 Å². The zero-order valence-electron chi connectivity index (χ0n) is 31.4. The van der Waals surface area contributed by atoms with Crippen LogP contribution in [0.2, 0.25) is 0 Å². The second-order valence-electron chi connectivity index (χ2n) is 13.1. The van der Waals surface area contributed by atoms with E-state index >= 15 is 0 Å². The van der Waals surface area contributed by atoms with Crippen molar-refractivity contribution >= 4 is 67.1 Å². The largest absolute Gasteiger partial charge is 0.422 e.